The molecule has 17 heavy (non-hydrogen) atoms. The molecule has 4 nitrogen and oxygen atoms in total. The van der Waals surface area contributed by atoms with Crippen LogP contribution >= 0.6 is 34.8 Å². The fourth-order valence-electron chi connectivity index (χ4n) is 1.18. The third-order valence-electron chi connectivity index (χ3n) is 2.00. The van der Waals surface area contributed by atoms with Crippen molar-refractivity contribution in [1.29, 1.82) is 0 Å². The van der Waals surface area contributed by atoms with Gasteiger partial charge < -0.3 is 11.1 Å². The summed E-state index contributed by atoms with van der Waals surface area (Å²) in [6, 6.07) is 5.09. The van der Waals surface area contributed by atoms with Gasteiger partial charge in [0.1, 0.15) is 17.2 Å². The Morgan fingerprint density at radius 3 is 2.53 bits per heavy atom. The molecule has 7 heteroatoms. The maximum absolute atomic E-state index is 5.94. The molecule has 0 saturated heterocycles. The van der Waals surface area contributed by atoms with E-state index >= 15 is 0 Å². The third-order valence-corrected chi connectivity index (χ3v) is 3.11. The molecule has 0 bridgehead atoms. The number of rotatable bonds is 2. The average molecular weight is 290 g/mol. The van der Waals surface area contributed by atoms with Crippen LogP contribution in [0, 0.1) is 0 Å². The zero-order valence-electron chi connectivity index (χ0n) is 8.42. The minimum Gasteiger partial charge on any atom is -0.382 e. The van der Waals surface area contributed by atoms with Crippen molar-refractivity contribution >= 4 is 52.1 Å². The minimum absolute atomic E-state index is 0.212. The van der Waals surface area contributed by atoms with Crippen molar-refractivity contribution in [2.24, 2.45) is 0 Å². The monoisotopic (exact) mass is 288 g/mol. The molecule has 0 aliphatic heterocycles. The van der Waals surface area contributed by atoms with Gasteiger partial charge in [0.15, 0.2) is 5.82 Å². The Balaban J connectivity index is 2.31. The number of anilines is 3. The van der Waals surface area contributed by atoms with E-state index in [0.717, 1.165) is 0 Å². The van der Waals surface area contributed by atoms with Crippen LogP contribution in [0.3, 0.4) is 0 Å². The highest BCUT2D eigenvalue weighted by molar-refractivity contribution is 6.42. The van der Waals surface area contributed by atoms with E-state index in [2.05, 4.69) is 15.3 Å². The van der Waals surface area contributed by atoms with Crippen LogP contribution in [-0.4, -0.2) is 9.97 Å². The smallest absolute Gasteiger partial charge is 0.154 e. The molecule has 1 heterocycles. The van der Waals surface area contributed by atoms with Gasteiger partial charge in [0.05, 0.1) is 10.0 Å². The molecule has 0 atom stereocenters. The second-order valence-corrected chi connectivity index (χ2v) is 4.37. The number of nitrogens with zero attached hydrogens (tertiary/aromatic N) is 2. The Bertz CT molecular complexity index is 559. The van der Waals surface area contributed by atoms with Gasteiger partial charge in [-0.05, 0) is 18.2 Å². The SMILES string of the molecule is Nc1ncnc(Nc2ccc(Cl)c(Cl)c2)c1Cl. The first-order chi connectivity index (χ1) is 8.08. The first kappa shape index (κ1) is 12.2. The van der Waals surface area contributed by atoms with Crippen LogP contribution in [0.5, 0.6) is 0 Å². The van der Waals surface area contributed by atoms with Crippen LogP contribution < -0.4 is 11.1 Å². The minimum atomic E-state index is 0.212. The number of benzene rings is 1. The summed E-state index contributed by atoms with van der Waals surface area (Å²) < 4.78 is 0. The Kier molecular flexibility index (Phi) is 3.57. The summed E-state index contributed by atoms with van der Waals surface area (Å²) in [5.74, 6) is 0.627. The van der Waals surface area contributed by atoms with Crippen molar-refractivity contribution in [1.82, 2.24) is 9.97 Å². The van der Waals surface area contributed by atoms with Gasteiger partial charge in [-0.25, -0.2) is 9.97 Å². The van der Waals surface area contributed by atoms with Gasteiger partial charge in [0, 0.05) is 5.69 Å². The van der Waals surface area contributed by atoms with Gasteiger partial charge in [-0.15, -0.1) is 0 Å². The lowest BCUT2D eigenvalue weighted by Gasteiger charge is -2.08. The van der Waals surface area contributed by atoms with E-state index in [1.807, 2.05) is 0 Å². The van der Waals surface area contributed by atoms with Crippen molar-refractivity contribution in [3.05, 3.63) is 39.6 Å². The summed E-state index contributed by atoms with van der Waals surface area (Å²) in [7, 11) is 0. The summed E-state index contributed by atoms with van der Waals surface area (Å²) in [4.78, 5) is 7.74. The first-order valence-electron chi connectivity index (χ1n) is 4.56. The van der Waals surface area contributed by atoms with Crippen molar-refractivity contribution in [2.45, 2.75) is 0 Å². The quantitative estimate of drug-likeness (QED) is 0.883. The highest BCUT2D eigenvalue weighted by Crippen LogP contribution is 2.29. The fourth-order valence-corrected chi connectivity index (χ4v) is 1.62. The number of nitrogens with one attached hydrogen (secondary N) is 1. The lowest BCUT2D eigenvalue weighted by molar-refractivity contribution is 1.18. The van der Waals surface area contributed by atoms with E-state index < -0.39 is 0 Å². The second kappa shape index (κ2) is 4.96. The van der Waals surface area contributed by atoms with Crippen molar-refractivity contribution in [3.8, 4) is 0 Å². The summed E-state index contributed by atoms with van der Waals surface area (Å²) in [5.41, 5.74) is 6.27. The van der Waals surface area contributed by atoms with Crippen LogP contribution in [0.25, 0.3) is 0 Å². The summed E-state index contributed by atoms with van der Waals surface area (Å²) in [5, 5.41) is 4.15. The number of nitrogens with two attached hydrogens (primary N) is 1. The van der Waals surface area contributed by atoms with Crippen molar-refractivity contribution in [2.75, 3.05) is 11.1 Å². The molecule has 0 amide bonds. The molecule has 2 rings (SSSR count). The number of halogens is 3. The summed E-state index contributed by atoms with van der Waals surface area (Å²) >= 11 is 17.6. The molecule has 0 aliphatic carbocycles. The molecule has 0 unspecified atom stereocenters. The zero-order chi connectivity index (χ0) is 12.4. The highest BCUT2D eigenvalue weighted by atomic mass is 35.5. The lowest BCUT2D eigenvalue weighted by atomic mass is 10.3. The molecule has 0 fully saturated rings. The Morgan fingerprint density at radius 1 is 1.06 bits per heavy atom. The van der Waals surface area contributed by atoms with E-state index in [9.17, 15) is 0 Å². The topological polar surface area (TPSA) is 63.8 Å². The standard InChI is InChI=1S/C10H7Cl3N4/c11-6-2-1-5(3-7(6)12)17-10-8(13)9(14)15-4-16-10/h1-4H,(H3,14,15,16,17). The molecule has 0 aliphatic rings. The predicted octanol–water partition coefficient (Wildman–Crippen LogP) is 3.76. The molecule has 1 aromatic heterocycles. The van der Waals surface area contributed by atoms with E-state index in [4.69, 9.17) is 40.5 Å². The van der Waals surface area contributed by atoms with Gasteiger partial charge in [0.25, 0.3) is 0 Å². The fraction of sp³-hybridized carbons (Fsp3) is 0. The maximum Gasteiger partial charge on any atom is 0.154 e. The van der Waals surface area contributed by atoms with Gasteiger partial charge in [-0.1, -0.05) is 34.8 Å². The molecule has 2 aromatic rings. The molecule has 0 radical (unpaired) electrons. The van der Waals surface area contributed by atoms with Crippen LogP contribution in [0.4, 0.5) is 17.3 Å². The molecule has 88 valence electrons. The Labute approximate surface area is 113 Å². The molecular weight excluding hydrogens is 282 g/mol. The number of hydrogen-bond donors (Lipinski definition) is 2. The molecule has 1 aromatic carbocycles. The molecule has 0 spiro atoms. The van der Waals surface area contributed by atoms with Crippen LogP contribution in [-0.2, 0) is 0 Å². The van der Waals surface area contributed by atoms with Crippen molar-refractivity contribution < 1.29 is 0 Å². The summed E-state index contributed by atoms with van der Waals surface area (Å²) in [6.45, 7) is 0. The Morgan fingerprint density at radius 2 is 1.82 bits per heavy atom. The van der Waals surface area contributed by atoms with E-state index in [-0.39, 0.29) is 10.8 Å². The highest BCUT2D eigenvalue weighted by Gasteiger charge is 2.07. The van der Waals surface area contributed by atoms with Gasteiger partial charge >= 0.3 is 0 Å². The number of nitrogen functional groups attached to an aromatic ring is 1. The van der Waals surface area contributed by atoms with Crippen molar-refractivity contribution in [3.63, 3.8) is 0 Å². The summed E-state index contributed by atoms with van der Waals surface area (Å²) in [6.07, 6.45) is 1.32. The predicted molar refractivity (Wildman–Crippen MR) is 71.2 cm³/mol. The number of hydrogen-bond acceptors (Lipinski definition) is 4. The Hall–Kier alpha value is -1.23. The maximum atomic E-state index is 5.94. The second-order valence-electron chi connectivity index (χ2n) is 3.18. The van der Waals surface area contributed by atoms with E-state index in [1.54, 1.807) is 18.2 Å². The normalized spacial score (nSPS) is 10.3. The number of aromatic nitrogens is 2. The zero-order valence-corrected chi connectivity index (χ0v) is 10.7. The van der Waals surface area contributed by atoms with Gasteiger partial charge in [0.2, 0.25) is 0 Å². The van der Waals surface area contributed by atoms with Gasteiger partial charge in [-0.3, -0.25) is 0 Å². The third kappa shape index (κ3) is 2.72. The molecule has 3 N–H and O–H groups in total. The van der Waals surface area contributed by atoms with Gasteiger partial charge in [-0.2, -0.15) is 0 Å². The first-order valence-corrected chi connectivity index (χ1v) is 5.69. The lowest BCUT2D eigenvalue weighted by Crippen LogP contribution is -1.99. The van der Waals surface area contributed by atoms with E-state index in [0.29, 0.717) is 21.6 Å². The largest absolute Gasteiger partial charge is 0.382 e. The van der Waals surface area contributed by atoms with Crippen LogP contribution in [0.15, 0.2) is 24.5 Å². The molecular formula is C10H7Cl3N4. The van der Waals surface area contributed by atoms with Crippen LogP contribution in [0.2, 0.25) is 15.1 Å². The average Bonchev–Trinajstić information content (AvgIpc) is 2.30. The molecule has 0 saturated carbocycles. The van der Waals surface area contributed by atoms with Crippen LogP contribution in [0.1, 0.15) is 0 Å². The van der Waals surface area contributed by atoms with E-state index in [1.165, 1.54) is 6.33 Å².